The minimum atomic E-state index is 0.756. The highest BCUT2D eigenvalue weighted by atomic mass is 32.1. The number of nitrogens with zero attached hydrogens (tertiary/aromatic N) is 2. The van der Waals surface area contributed by atoms with Gasteiger partial charge in [-0.25, -0.2) is 4.98 Å². The third-order valence-corrected chi connectivity index (χ3v) is 2.30. The zero-order valence-corrected chi connectivity index (χ0v) is 7.60. The minimum absolute atomic E-state index is 0.756. The number of nitrogens with one attached hydrogen (secondary N) is 1. The van der Waals surface area contributed by atoms with Gasteiger partial charge in [0, 0.05) is 19.3 Å². The highest BCUT2D eigenvalue weighted by Gasteiger charge is 2.12. The Balaban J connectivity index is 2.27. The zero-order chi connectivity index (χ0) is 8.39. The van der Waals surface area contributed by atoms with Crippen LogP contribution in [0.15, 0.2) is 12.3 Å². The van der Waals surface area contributed by atoms with E-state index >= 15 is 0 Å². The summed E-state index contributed by atoms with van der Waals surface area (Å²) in [5.41, 5.74) is 0. The van der Waals surface area contributed by atoms with E-state index < -0.39 is 0 Å². The van der Waals surface area contributed by atoms with Gasteiger partial charge in [0.05, 0.1) is 0 Å². The molecule has 1 aromatic rings. The van der Waals surface area contributed by atoms with E-state index in [4.69, 9.17) is 12.2 Å². The van der Waals surface area contributed by atoms with Crippen molar-refractivity contribution < 1.29 is 0 Å². The molecule has 1 N–H and O–H groups in total. The van der Waals surface area contributed by atoms with Crippen molar-refractivity contribution in [1.29, 1.82) is 0 Å². The van der Waals surface area contributed by atoms with Crippen molar-refractivity contribution in [2.75, 3.05) is 18.0 Å². The number of anilines is 1. The van der Waals surface area contributed by atoms with E-state index in [1.807, 2.05) is 0 Å². The maximum absolute atomic E-state index is 5.01. The fraction of sp³-hybridized carbons (Fsp3) is 0.500. The molecule has 1 fully saturated rings. The lowest BCUT2D eigenvalue weighted by Gasteiger charge is -2.14. The van der Waals surface area contributed by atoms with Crippen LogP contribution in [-0.2, 0) is 0 Å². The smallest absolute Gasteiger partial charge is 0.203 e. The fourth-order valence-corrected chi connectivity index (χ4v) is 1.60. The average molecular weight is 181 g/mol. The summed E-state index contributed by atoms with van der Waals surface area (Å²) < 4.78 is 0.756. The largest absolute Gasteiger partial charge is 0.342 e. The van der Waals surface area contributed by atoms with Gasteiger partial charge in [0.25, 0.3) is 0 Å². The molecular weight excluding hydrogens is 170 g/mol. The SMILES string of the molecule is S=c1ccnc(N2CCCC2)[nH]1. The molecule has 0 bridgehead atoms. The quantitative estimate of drug-likeness (QED) is 0.670. The maximum atomic E-state index is 5.01. The molecule has 2 heterocycles. The van der Waals surface area contributed by atoms with Crippen LogP contribution >= 0.6 is 12.2 Å². The Morgan fingerprint density at radius 3 is 2.83 bits per heavy atom. The molecule has 1 aliphatic heterocycles. The number of aromatic nitrogens is 2. The summed E-state index contributed by atoms with van der Waals surface area (Å²) in [7, 11) is 0. The van der Waals surface area contributed by atoms with E-state index in [0.717, 1.165) is 23.7 Å². The van der Waals surface area contributed by atoms with Crippen LogP contribution < -0.4 is 4.90 Å². The molecule has 2 rings (SSSR count). The van der Waals surface area contributed by atoms with Crippen LogP contribution in [-0.4, -0.2) is 23.1 Å². The molecule has 0 atom stereocenters. The van der Waals surface area contributed by atoms with Gasteiger partial charge >= 0.3 is 0 Å². The van der Waals surface area contributed by atoms with Crippen LogP contribution in [0, 0.1) is 4.64 Å². The molecule has 1 aromatic heterocycles. The van der Waals surface area contributed by atoms with Gasteiger partial charge in [-0.3, -0.25) is 0 Å². The number of rotatable bonds is 1. The standard InChI is InChI=1S/C8H11N3S/c12-7-3-4-9-8(10-7)11-5-1-2-6-11/h3-4H,1-2,5-6H2,(H,9,10,12). The molecule has 0 unspecified atom stereocenters. The van der Waals surface area contributed by atoms with E-state index in [1.54, 1.807) is 12.3 Å². The van der Waals surface area contributed by atoms with Crippen LogP contribution in [0.25, 0.3) is 0 Å². The number of hydrogen-bond donors (Lipinski definition) is 1. The van der Waals surface area contributed by atoms with E-state index in [2.05, 4.69) is 14.9 Å². The lowest BCUT2D eigenvalue weighted by atomic mass is 10.4. The molecule has 1 saturated heterocycles. The Kier molecular flexibility index (Phi) is 2.08. The van der Waals surface area contributed by atoms with Gasteiger partial charge in [-0.05, 0) is 18.9 Å². The normalized spacial score (nSPS) is 16.8. The van der Waals surface area contributed by atoms with Gasteiger partial charge in [0.15, 0.2) is 0 Å². The molecule has 0 saturated carbocycles. The number of aromatic amines is 1. The summed E-state index contributed by atoms with van der Waals surface area (Å²) in [6.45, 7) is 2.20. The molecule has 0 amide bonds. The Hall–Kier alpha value is -0.900. The third-order valence-electron chi connectivity index (χ3n) is 2.06. The lowest BCUT2D eigenvalue weighted by molar-refractivity contribution is 0.895. The van der Waals surface area contributed by atoms with Gasteiger partial charge in [0.2, 0.25) is 5.95 Å². The van der Waals surface area contributed by atoms with Crippen LogP contribution in [0.2, 0.25) is 0 Å². The van der Waals surface area contributed by atoms with Crippen molar-refractivity contribution >= 4 is 18.2 Å². The zero-order valence-electron chi connectivity index (χ0n) is 6.79. The van der Waals surface area contributed by atoms with E-state index in [-0.39, 0.29) is 0 Å². The predicted octanol–water partition coefficient (Wildman–Crippen LogP) is 1.74. The average Bonchev–Trinajstić information content (AvgIpc) is 2.56. The molecule has 0 aromatic carbocycles. The summed E-state index contributed by atoms with van der Waals surface area (Å²) in [6.07, 6.45) is 4.28. The van der Waals surface area contributed by atoms with Crippen LogP contribution in [0.1, 0.15) is 12.8 Å². The monoisotopic (exact) mass is 181 g/mol. The van der Waals surface area contributed by atoms with Crippen molar-refractivity contribution in [2.24, 2.45) is 0 Å². The van der Waals surface area contributed by atoms with Gasteiger partial charge in [-0.1, -0.05) is 12.2 Å². The van der Waals surface area contributed by atoms with E-state index in [0.29, 0.717) is 0 Å². The molecule has 64 valence electrons. The first-order valence-corrected chi connectivity index (χ1v) is 4.57. The number of hydrogen-bond acceptors (Lipinski definition) is 3. The molecule has 0 radical (unpaired) electrons. The second kappa shape index (κ2) is 3.23. The Bertz CT molecular complexity index is 314. The summed E-state index contributed by atoms with van der Waals surface area (Å²) in [5.74, 6) is 0.917. The second-order valence-electron chi connectivity index (χ2n) is 2.95. The lowest BCUT2D eigenvalue weighted by Crippen LogP contribution is -2.20. The van der Waals surface area contributed by atoms with E-state index in [9.17, 15) is 0 Å². The molecule has 0 aliphatic carbocycles. The van der Waals surface area contributed by atoms with Gasteiger partial charge < -0.3 is 9.88 Å². The third kappa shape index (κ3) is 1.48. The van der Waals surface area contributed by atoms with Crippen molar-refractivity contribution in [1.82, 2.24) is 9.97 Å². The summed E-state index contributed by atoms with van der Waals surface area (Å²) in [6, 6.07) is 1.80. The second-order valence-corrected chi connectivity index (χ2v) is 3.39. The van der Waals surface area contributed by atoms with Gasteiger partial charge in [-0.2, -0.15) is 0 Å². The van der Waals surface area contributed by atoms with Gasteiger partial charge in [-0.15, -0.1) is 0 Å². The Labute approximate surface area is 76.4 Å². The van der Waals surface area contributed by atoms with Crippen LogP contribution in [0.3, 0.4) is 0 Å². The first-order valence-electron chi connectivity index (χ1n) is 4.16. The first-order chi connectivity index (χ1) is 5.86. The Morgan fingerprint density at radius 1 is 1.42 bits per heavy atom. The highest BCUT2D eigenvalue weighted by molar-refractivity contribution is 7.71. The molecule has 0 spiro atoms. The van der Waals surface area contributed by atoms with Gasteiger partial charge in [0.1, 0.15) is 4.64 Å². The highest BCUT2D eigenvalue weighted by Crippen LogP contribution is 2.13. The molecular formula is C8H11N3S. The summed E-state index contributed by atoms with van der Waals surface area (Å²) in [5, 5.41) is 0. The van der Waals surface area contributed by atoms with E-state index in [1.165, 1.54) is 12.8 Å². The van der Waals surface area contributed by atoms with Crippen molar-refractivity contribution in [3.8, 4) is 0 Å². The molecule has 1 aliphatic rings. The predicted molar refractivity (Wildman–Crippen MR) is 50.9 cm³/mol. The molecule has 12 heavy (non-hydrogen) atoms. The van der Waals surface area contributed by atoms with Crippen LogP contribution in [0.4, 0.5) is 5.95 Å². The summed E-state index contributed by atoms with van der Waals surface area (Å²) >= 11 is 5.01. The Morgan fingerprint density at radius 2 is 2.17 bits per heavy atom. The maximum Gasteiger partial charge on any atom is 0.203 e. The number of H-pyrrole nitrogens is 1. The first kappa shape index (κ1) is 7.73. The topological polar surface area (TPSA) is 31.9 Å². The van der Waals surface area contributed by atoms with Crippen molar-refractivity contribution in [2.45, 2.75) is 12.8 Å². The molecule has 4 heteroatoms. The van der Waals surface area contributed by atoms with Crippen molar-refractivity contribution in [3.63, 3.8) is 0 Å². The minimum Gasteiger partial charge on any atom is -0.342 e. The molecule has 3 nitrogen and oxygen atoms in total. The van der Waals surface area contributed by atoms with Crippen molar-refractivity contribution in [3.05, 3.63) is 16.9 Å². The fourth-order valence-electron chi connectivity index (χ4n) is 1.45. The van der Waals surface area contributed by atoms with Crippen LogP contribution in [0.5, 0.6) is 0 Å². The summed E-state index contributed by atoms with van der Waals surface area (Å²) in [4.78, 5) is 9.54.